The normalized spacial score (nSPS) is 15.9. The Morgan fingerprint density at radius 1 is 1.32 bits per heavy atom. The molecule has 2 aromatic rings. The first-order chi connectivity index (χ1) is 12.0. The van der Waals surface area contributed by atoms with E-state index in [1.165, 1.54) is 12.1 Å². The molecule has 1 aliphatic heterocycles. The van der Waals surface area contributed by atoms with Crippen molar-refractivity contribution in [3.63, 3.8) is 0 Å². The van der Waals surface area contributed by atoms with E-state index in [-0.39, 0.29) is 17.2 Å². The second-order valence-corrected chi connectivity index (χ2v) is 6.42. The smallest absolute Gasteiger partial charge is 0.269 e. The SMILES string of the molecule is C[N+]1=C2C=C(N)C(=O)c3c2c(cn3Cc2ccc([N+](=O)[O-])cc2)CC1. The predicted octanol–water partition coefficient (Wildman–Crippen LogP) is 1.47. The monoisotopic (exact) mass is 337 g/mol. The summed E-state index contributed by atoms with van der Waals surface area (Å²) in [4.78, 5) is 23.0. The predicted molar refractivity (Wildman–Crippen MR) is 92.1 cm³/mol. The van der Waals surface area contributed by atoms with Crippen molar-refractivity contribution in [1.29, 1.82) is 0 Å². The lowest BCUT2D eigenvalue weighted by molar-refractivity contribution is -0.497. The van der Waals surface area contributed by atoms with Crippen molar-refractivity contribution >= 4 is 17.2 Å². The Bertz CT molecular complexity index is 980. The number of nitrogens with two attached hydrogens (primary N) is 1. The van der Waals surface area contributed by atoms with Gasteiger partial charge in [0.25, 0.3) is 5.69 Å². The molecule has 0 atom stereocenters. The minimum absolute atomic E-state index is 0.0531. The topological polar surface area (TPSA) is 94.2 Å². The molecule has 1 aromatic heterocycles. The minimum atomic E-state index is -0.423. The van der Waals surface area contributed by atoms with Crippen LogP contribution in [0.5, 0.6) is 0 Å². The summed E-state index contributed by atoms with van der Waals surface area (Å²) in [6, 6.07) is 6.39. The molecule has 2 aliphatic rings. The van der Waals surface area contributed by atoms with E-state index in [4.69, 9.17) is 5.73 Å². The molecule has 0 bridgehead atoms. The van der Waals surface area contributed by atoms with Gasteiger partial charge in [-0.05, 0) is 11.1 Å². The number of rotatable bonds is 3. The average Bonchev–Trinajstić information content (AvgIpc) is 2.95. The fraction of sp³-hybridized carbons (Fsp3) is 0.222. The van der Waals surface area contributed by atoms with E-state index in [2.05, 4.69) is 4.58 Å². The molecule has 0 spiro atoms. The molecule has 0 fully saturated rings. The Hall–Kier alpha value is -3.22. The molecule has 7 heteroatoms. The molecule has 2 N–H and O–H groups in total. The number of hydrogen-bond donors (Lipinski definition) is 1. The van der Waals surface area contributed by atoms with Gasteiger partial charge in [-0.25, -0.2) is 4.58 Å². The third kappa shape index (κ3) is 2.36. The number of nitro groups is 1. The molecule has 1 aliphatic carbocycles. The van der Waals surface area contributed by atoms with E-state index in [0.717, 1.165) is 35.4 Å². The summed E-state index contributed by atoms with van der Waals surface area (Å²) < 4.78 is 4.02. The number of aromatic nitrogens is 1. The number of carbonyl (C=O) groups excluding carboxylic acids is 1. The van der Waals surface area contributed by atoms with E-state index < -0.39 is 4.92 Å². The van der Waals surface area contributed by atoms with E-state index >= 15 is 0 Å². The zero-order valence-corrected chi connectivity index (χ0v) is 13.7. The van der Waals surface area contributed by atoms with Crippen LogP contribution >= 0.6 is 0 Å². The van der Waals surface area contributed by atoms with Crippen LogP contribution < -0.4 is 5.73 Å². The van der Waals surface area contributed by atoms with E-state index in [0.29, 0.717) is 12.2 Å². The number of nitro benzene ring substituents is 1. The zero-order valence-electron chi connectivity index (χ0n) is 13.7. The Morgan fingerprint density at radius 2 is 2.04 bits per heavy atom. The largest absolute Gasteiger partial charge is 0.395 e. The molecule has 25 heavy (non-hydrogen) atoms. The van der Waals surface area contributed by atoms with Crippen molar-refractivity contribution in [3.05, 3.63) is 74.7 Å². The van der Waals surface area contributed by atoms with E-state index in [1.807, 2.05) is 17.8 Å². The number of allylic oxidation sites excluding steroid dienone is 2. The number of nitrogens with zero attached hydrogens (tertiary/aromatic N) is 3. The van der Waals surface area contributed by atoms with Gasteiger partial charge < -0.3 is 10.3 Å². The highest BCUT2D eigenvalue weighted by Crippen LogP contribution is 2.29. The molecule has 1 aromatic carbocycles. The van der Waals surface area contributed by atoms with Gasteiger partial charge in [0.15, 0.2) is 0 Å². The summed E-state index contributed by atoms with van der Waals surface area (Å²) >= 11 is 0. The number of Topliss-reactive ketones (excluding diaryl/α,β-unsaturated/α-hetero) is 1. The lowest BCUT2D eigenvalue weighted by atomic mass is 9.92. The molecule has 7 nitrogen and oxygen atoms in total. The summed E-state index contributed by atoms with van der Waals surface area (Å²) in [5, 5.41) is 10.8. The summed E-state index contributed by atoms with van der Waals surface area (Å²) in [7, 11) is 2.00. The van der Waals surface area contributed by atoms with Crippen molar-refractivity contribution in [2.75, 3.05) is 13.6 Å². The van der Waals surface area contributed by atoms with Crippen molar-refractivity contribution in [2.45, 2.75) is 13.0 Å². The third-order valence-corrected chi connectivity index (χ3v) is 4.81. The van der Waals surface area contributed by atoms with Crippen molar-refractivity contribution < 1.29 is 14.3 Å². The minimum Gasteiger partial charge on any atom is -0.395 e. The lowest BCUT2D eigenvalue weighted by Gasteiger charge is -2.17. The van der Waals surface area contributed by atoms with Crippen LogP contribution in [0.3, 0.4) is 0 Å². The molecule has 126 valence electrons. The van der Waals surface area contributed by atoms with E-state index in [1.54, 1.807) is 18.2 Å². The van der Waals surface area contributed by atoms with Crippen LogP contribution in [0.4, 0.5) is 5.69 Å². The van der Waals surface area contributed by atoms with Crippen LogP contribution in [0.15, 0.2) is 42.2 Å². The first-order valence-electron chi connectivity index (χ1n) is 8.01. The maximum Gasteiger partial charge on any atom is 0.269 e. The van der Waals surface area contributed by atoms with Gasteiger partial charge in [0.2, 0.25) is 11.5 Å². The van der Waals surface area contributed by atoms with Crippen LogP contribution in [0.25, 0.3) is 0 Å². The van der Waals surface area contributed by atoms with Crippen molar-refractivity contribution in [2.24, 2.45) is 5.73 Å². The molecule has 0 unspecified atom stereocenters. The Morgan fingerprint density at radius 3 is 2.72 bits per heavy atom. The maximum absolute atomic E-state index is 12.6. The second-order valence-electron chi connectivity index (χ2n) is 6.42. The molecule has 4 rings (SSSR count). The standard InChI is InChI=1S/C18H16N4O3/c1-20-7-6-12-10-21(9-11-2-4-13(5-3-11)22(24)25)17-16(12)15(20)8-14(19)18(17)23/h2-5,8,10,19H,6-7,9H2,1H3/p+1. The Kier molecular flexibility index (Phi) is 3.31. The van der Waals surface area contributed by atoms with Gasteiger partial charge in [-0.15, -0.1) is 0 Å². The molecule has 0 amide bonds. The van der Waals surface area contributed by atoms with Gasteiger partial charge in [-0.3, -0.25) is 14.9 Å². The van der Waals surface area contributed by atoms with Crippen molar-refractivity contribution in [3.8, 4) is 0 Å². The van der Waals surface area contributed by atoms with Gasteiger partial charge in [-0.2, -0.15) is 0 Å². The number of non-ortho nitro benzene ring substituents is 1. The Balaban J connectivity index is 1.78. The van der Waals surface area contributed by atoms with Gasteiger partial charge in [0, 0.05) is 37.4 Å². The summed E-state index contributed by atoms with van der Waals surface area (Å²) in [5.41, 5.74) is 10.8. The first kappa shape index (κ1) is 15.3. The van der Waals surface area contributed by atoms with Gasteiger partial charge in [0.05, 0.1) is 16.2 Å². The number of carbonyl (C=O) groups is 1. The van der Waals surface area contributed by atoms with Gasteiger partial charge in [-0.1, -0.05) is 12.1 Å². The molecule has 0 saturated carbocycles. The van der Waals surface area contributed by atoms with Crippen LogP contribution in [-0.4, -0.2) is 39.2 Å². The van der Waals surface area contributed by atoms with E-state index in [9.17, 15) is 14.9 Å². The highest BCUT2D eigenvalue weighted by atomic mass is 16.6. The van der Waals surface area contributed by atoms with Crippen LogP contribution in [0, 0.1) is 10.1 Å². The molecule has 2 heterocycles. The van der Waals surface area contributed by atoms with Gasteiger partial charge >= 0.3 is 0 Å². The number of likely N-dealkylation sites (N-methyl/N-ethyl adjacent to an activating group) is 1. The molecule has 0 saturated heterocycles. The third-order valence-electron chi connectivity index (χ3n) is 4.81. The lowest BCUT2D eigenvalue weighted by Crippen LogP contribution is -2.32. The van der Waals surface area contributed by atoms with Gasteiger partial charge in [0.1, 0.15) is 19.3 Å². The quantitative estimate of drug-likeness (QED) is 0.521. The fourth-order valence-electron chi connectivity index (χ4n) is 3.51. The highest BCUT2D eigenvalue weighted by molar-refractivity contribution is 6.24. The number of hydrogen-bond acceptors (Lipinski definition) is 4. The van der Waals surface area contributed by atoms with Crippen LogP contribution in [0.1, 0.15) is 27.2 Å². The van der Waals surface area contributed by atoms with Crippen LogP contribution in [-0.2, 0) is 13.0 Å². The number of benzene rings is 1. The maximum atomic E-state index is 12.6. The van der Waals surface area contributed by atoms with Crippen LogP contribution in [0.2, 0.25) is 0 Å². The zero-order chi connectivity index (χ0) is 17.7. The highest BCUT2D eigenvalue weighted by Gasteiger charge is 2.36. The summed E-state index contributed by atoms with van der Waals surface area (Å²) in [5.74, 6) is -0.165. The second kappa shape index (κ2) is 5.41. The average molecular weight is 337 g/mol. The molecule has 0 radical (unpaired) electrons. The number of ketones is 1. The first-order valence-corrected chi connectivity index (χ1v) is 8.01. The Labute approximate surface area is 143 Å². The van der Waals surface area contributed by atoms with Crippen molar-refractivity contribution in [1.82, 2.24) is 4.57 Å². The fourth-order valence-corrected chi connectivity index (χ4v) is 3.51. The summed E-state index contributed by atoms with van der Waals surface area (Å²) in [6.07, 6.45) is 4.63. The molecular weight excluding hydrogens is 320 g/mol. The molecular formula is C18H17N4O3+. The summed E-state index contributed by atoms with van der Waals surface area (Å²) in [6.45, 7) is 1.34.